The van der Waals surface area contributed by atoms with Crippen molar-refractivity contribution in [2.75, 3.05) is 42.8 Å². The zero-order valence-corrected chi connectivity index (χ0v) is 19.2. The van der Waals surface area contributed by atoms with Gasteiger partial charge in [-0.15, -0.1) is 0 Å². The van der Waals surface area contributed by atoms with Crippen LogP contribution in [0.1, 0.15) is 35.4 Å². The molecule has 1 aliphatic heterocycles. The van der Waals surface area contributed by atoms with Gasteiger partial charge in [0.1, 0.15) is 17.5 Å². The number of ether oxygens (including phenoxy) is 2. The number of anilines is 4. The van der Waals surface area contributed by atoms with Crippen molar-refractivity contribution in [1.29, 1.82) is 0 Å². The summed E-state index contributed by atoms with van der Waals surface area (Å²) < 4.78 is 10.5. The summed E-state index contributed by atoms with van der Waals surface area (Å²) in [4.78, 5) is 24.1. The first-order chi connectivity index (χ1) is 16.1. The number of methoxy groups -OCH3 is 2. The zero-order chi connectivity index (χ0) is 23.2. The largest absolute Gasteiger partial charge is 0.493 e. The average molecular weight is 448 g/mol. The maximum absolute atomic E-state index is 12.6. The first-order valence-corrected chi connectivity index (χ1v) is 11.1. The predicted octanol–water partition coefficient (Wildman–Crippen LogP) is 4.79. The second kappa shape index (κ2) is 10.2. The lowest BCUT2D eigenvalue weighted by atomic mass is 10.1. The molecule has 2 heterocycles. The second-order valence-corrected chi connectivity index (χ2v) is 7.93. The normalized spacial score (nSPS) is 13.4. The fraction of sp³-hybridized carbons (Fsp3) is 0.320. The fourth-order valence-electron chi connectivity index (χ4n) is 3.87. The fourth-order valence-corrected chi connectivity index (χ4v) is 3.87. The average Bonchev–Trinajstić information content (AvgIpc) is 2.85. The van der Waals surface area contributed by atoms with Gasteiger partial charge in [-0.3, -0.25) is 4.79 Å². The molecule has 8 nitrogen and oxygen atoms in total. The lowest BCUT2D eigenvalue weighted by Gasteiger charge is -2.28. The zero-order valence-electron chi connectivity index (χ0n) is 19.2. The summed E-state index contributed by atoms with van der Waals surface area (Å²) in [5, 5.41) is 6.25. The van der Waals surface area contributed by atoms with Gasteiger partial charge in [0, 0.05) is 36.1 Å². The Morgan fingerprint density at radius 3 is 2.27 bits per heavy atom. The molecule has 0 bridgehead atoms. The molecule has 1 saturated heterocycles. The molecule has 4 rings (SSSR count). The highest BCUT2D eigenvalue weighted by Gasteiger charge is 2.14. The molecule has 1 amide bonds. The molecular formula is C25H29N5O3. The van der Waals surface area contributed by atoms with Gasteiger partial charge in [-0.05, 0) is 68.7 Å². The van der Waals surface area contributed by atoms with Gasteiger partial charge < -0.3 is 25.0 Å². The van der Waals surface area contributed by atoms with Crippen LogP contribution in [0.4, 0.5) is 23.0 Å². The lowest BCUT2D eigenvalue weighted by molar-refractivity contribution is 0.102. The van der Waals surface area contributed by atoms with Crippen molar-refractivity contribution in [1.82, 2.24) is 9.97 Å². The van der Waals surface area contributed by atoms with Crippen molar-refractivity contribution in [2.24, 2.45) is 0 Å². The summed E-state index contributed by atoms with van der Waals surface area (Å²) in [6.07, 6.45) is 3.67. The quantitative estimate of drug-likeness (QED) is 0.538. The van der Waals surface area contributed by atoms with Gasteiger partial charge in [0.2, 0.25) is 0 Å². The Balaban J connectivity index is 1.42. The molecule has 33 heavy (non-hydrogen) atoms. The minimum atomic E-state index is -0.228. The van der Waals surface area contributed by atoms with E-state index in [2.05, 4.69) is 25.5 Å². The summed E-state index contributed by atoms with van der Waals surface area (Å²) >= 11 is 0. The van der Waals surface area contributed by atoms with E-state index in [4.69, 9.17) is 9.47 Å². The van der Waals surface area contributed by atoms with Crippen LogP contribution in [0.25, 0.3) is 0 Å². The summed E-state index contributed by atoms with van der Waals surface area (Å²) in [5.41, 5.74) is 2.05. The Morgan fingerprint density at radius 1 is 0.879 bits per heavy atom. The second-order valence-electron chi connectivity index (χ2n) is 7.93. The maximum atomic E-state index is 12.6. The third kappa shape index (κ3) is 5.52. The molecule has 0 spiro atoms. The van der Waals surface area contributed by atoms with Gasteiger partial charge in [0.25, 0.3) is 5.91 Å². The van der Waals surface area contributed by atoms with Crippen molar-refractivity contribution in [2.45, 2.75) is 26.2 Å². The Hall–Kier alpha value is -3.81. The number of nitrogens with zero attached hydrogens (tertiary/aromatic N) is 3. The number of amides is 1. The molecule has 0 radical (unpaired) electrons. The van der Waals surface area contributed by atoms with Crippen LogP contribution in [0.5, 0.6) is 11.5 Å². The van der Waals surface area contributed by atoms with Gasteiger partial charge in [-0.2, -0.15) is 0 Å². The van der Waals surface area contributed by atoms with E-state index < -0.39 is 0 Å². The highest BCUT2D eigenvalue weighted by atomic mass is 16.5. The third-order valence-corrected chi connectivity index (χ3v) is 5.57. The smallest absolute Gasteiger partial charge is 0.255 e. The SMILES string of the molecule is COc1ccc(C(=O)Nc2ccc(Nc3cc(N4CCCCC4)nc(C)n3)cc2)cc1OC. The number of benzene rings is 2. The standard InChI is InChI=1S/C25H29N5O3/c1-17-26-23(16-24(27-17)30-13-5-4-6-14-30)28-19-8-10-20(11-9-19)29-25(31)18-7-12-21(32-2)22(15-18)33-3/h7-12,15-16H,4-6,13-14H2,1-3H3,(H,29,31)(H,26,27,28). The van der Waals surface area contributed by atoms with Gasteiger partial charge in [0.15, 0.2) is 11.5 Å². The van der Waals surface area contributed by atoms with E-state index in [0.29, 0.717) is 22.7 Å². The van der Waals surface area contributed by atoms with Crippen molar-refractivity contribution < 1.29 is 14.3 Å². The number of hydrogen-bond acceptors (Lipinski definition) is 7. The predicted molar refractivity (Wildman–Crippen MR) is 130 cm³/mol. The molecule has 1 aliphatic rings. The van der Waals surface area contributed by atoms with Gasteiger partial charge in [-0.25, -0.2) is 9.97 Å². The summed E-state index contributed by atoms with van der Waals surface area (Å²) in [7, 11) is 3.10. The molecular weight excluding hydrogens is 418 g/mol. The van der Waals surface area contributed by atoms with E-state index in [-0.39, 0.29) is 5.91 Å². The van der Waals surface area contributed by atoms with Crippen molar-refractivity contribution >= 4 is 28.9 Å². The van der Waals surface area contributed by atoms with Crippen molar-refractivity contribution in [3.05, 3.63) is 59.9 Å². The van der Waals surface area contributed by atoms with E-state index in [9.17, 15) is 4.79 Å². The molecule has 0 unspecified atom stereocenters. The first kappa shape index (κ1) is 22.4. The minimum Gasteiger partial charge on any atom is -0.493 e. The van der Waals surface area contributed by atoms with E-state index >= 15 is 0 Å². The van der Waals surface area contributed by atoms with Gasteiger partial charge in [-0.1, -0.05) is 0 Å². The Morgan fingerprint density at radius 2 is 1.58 bits per heavy atom. The van der Waals surface area contributed by atoms with Crippen LogP contribution in [-0.2, 0) is 0 Å². The Labute approximate surface area is 194 Å². The topological polar surface area (TPSA) is 88.6 Å². The summed E-state index contributed by atoms with van der Waals surface area (Å²) in [5.74, 6) is 3.31. The number of piperidine rings is 1. The molecule has 2 N–H and O–H groups in total. The molecule has 0 saturated carbocycles. The highest BCUT2D eigenvalue weighted by molar-refractivity contribution is 6.04. The lowest BCUT2D eigenvalue weighted by Crippen LogP contribution is -2.30. The number of aromatic nitrogens is 2. The Kier molecular flexibility index (Phi) is 6.92. The van der Waals surface area contributed by atoms with Crippen molar-refractivity contribution in [3.63, 3.8) is 0 Å². The molecule has 3 aromatic rings. The summed E-state index contributed by atoms with van der Waals surface area (Å²) in [6.45, 7) is 3.97. The van der Waals surface area contributed by atoms with Crippen LogP contribution in [0.3, 0.4) is 0 Å². The molecule has 0 aliphatic carbocycles. The van der Waals surface area contributed by atoms with E-state index in [0.717, 1.165) is 36.2 Å². The summed E-state index contributed by atoms with van der Waals surface area (Å²) in [6, 6.07) is 14.6. The van der Waals surface area contributed by atoms with Crippen LogP contribution in [0, 0.1) is 6.92 Å². The van der Waals surface area contributed by atoms with E-state index in [1.165, 1.54) is 19.3 Å². The minimum absolute atomic E-state index is 0.228. The third-order valence-electron chi connectivity index (χ3n) is 5.57. The molecule has 0 atom stereocenters. The van der Waals surface area contributed by atoms with Crippen LogP contribution in [-0.4, -0.2) is 43.2 Å². The first-order valence-electron chi connectivity index (χ1n) is 11.1. The van der Waals surface area contributed by atoms with Crippen LogP contribution >= 0.6 is 0 Å². The van der Waals surface area contributed by atoms with Gasteiger partial charge in [0.05, 0.1) is 14.2 Å². The molecule has 1 fully saturated rings. The molecule has 2 aromatic carbocycles. The van der Waals surface area contributed by atoms with E-state index in [1.54, 1.807) is 32.4 Å². The van der Waals surface area contributed by atoms with Crippen LogP contribution in [0.15, 0.2) is 48.5 Å². The number of rotatable bonds is 7. The number of aryl methyl sites for hydroxylation is 1. The monoisotopic (exact) mass is 447 g/mol. The van der Waals surface area contributed by atoms with Gasteiger partial charge >= 0.3 is 0 Å². The molecule has 1 aromatic heterocycles. The number of carbonyl (C=O) groups is 1. The van der Waals surface area contributed by atoms with E-state index in [1.807, 2.05) is 37.3 Å². The van der Waals surface area contributed by atoms with Crippen LogP contribution in [0.2, 0.25) is 0 Å². The number of nitrogens with one attached hydrogen (secondary N) is 2. The van der Waals surface area contributed by atoms with Crippen molar-refractivity contribution in [3.8, 4) is 11.5 Å². The Bertz CT molecular complexity index is 1110. The van der Waals surface area contributed by atoms with Crippen LogP contribution < -0.4 is 25.0 Å². The number of hydrogen-bond donors (Lipinski definition) is 2. The highest BCUT2D eigenvalue weighted by Crippen LogP contribution is 2.28. The molecule has 172 valence electrons. The number of carbonyl (C=O) groups excluding carboxylic acids is 1. The molecule has 8 heteroatoms. The maximum Gasteiger partial charge on any atom is 0.255 e.